The molecule has 0 atom stereocenters. The van der Waals surface area contributed by atoms with Crippen LogP contribution in [0.2, 0.25) is 0 Å². The Balaban J connectivity index is 1.57. The van der Waals surface area contributed by atoms with E-state index in [0.717, 1.165) is 22.3 Å². The Morgan fingerprint density at radius 3 is 1.07 bits per heavy atom. The number of phenolic OH excluding ortho intramolecular Hbond substituents is 2. The normalized spacial score (nSPS) is 15.4. The molecule has 8 heteroatoms. The number of hydrogen-bond acceptors (Lipinski definition) is 6. The van der Waals surface area contributed by atoms with Gasteiger partial charge in [0.15, 0.2) is 13.2 Å². The van der Waals surface area contributed by atoms with Gasteiger partial charge in [0, 0.05) is 38.8 Å². The number of amides is 2. The quantitative estimate of drug-likeness (QED) is 0.213. The monoisotopic (exact) mass is 564 g/mol. The van der Waals surface area contributed by atoms with Gasteiger partial charge in [-0.2, -0.15) is 0 Å². The highest BCUT2D eigenvalue weighted by Gasteiger charge is 2.21. The number of rotatable bonds is 0. The van der Waals surface area contributed by atoms with E-state index in [-0.39, 0.29) is 49.6 Å². The molecular weight excluding hydrogens is 532 g/mol. The first-order valence-electron chi connectivity index (χ1n) is 14.1. The molecule has 8 nitrogen and oxygen atoms in total. The maximum Gasteiger partial charge on any atom is 0.258 e. The van der Waals surface area contributed by atoms with Crippen LogP contribution < -0.4 is 20.1 Å². The Morgan fingerprint density at radius 2 is 0.762 bits per heavy atom. The van der Waals surface area contributed by atoms with Gasteiger partial charge in [0.25, 0.3) is 11.8 Å². The Kier molecular flexibility index (Phi) is 7.68. The highest BCUT2D eigenvalue weighted by atomic mass is 16.5. The molecule has 214 valence electrons. The summed E-state index contributed by atoms with van der Waals surface area (Å²) in [4.78, 5) is 25.3. The van der Waals surface area contributed by atoms with Gasteiger partial charge >= 0.3 is 0 Å². The van der Waals surface area contributed by atoms with Gasteiger partial charge in [-0.05, 0) is 44.5 Å². The number of nitrogens with one attached hydrogen (secondary N) is 2. The first-order chi connectivity index (χ1) is 20.5. The lowest BCUT2D eigenvalue weighted by atomic mass is 9.91. The number of para-hydroxylation sites is 4. The number of benzene rings is 4. The van der Waals surface area contributed by atoms with Gasteiger partial charge in [-0.3, -0.25) is 9.59 Å². The van der Waals surface area contributed by atoms with Gasteiger partial charge in [0.2, 0.25) is 0 Å². The largest absolute Gasteiger partial charge is 0.507 e. The van der Waals surface area contributed by atoms with Gasteiger partial charge in [-0.1, -0.05) is 72.8 Å². The van der Waals surface area contributed by atoms with E-state index in [0.29, 0.717) is 59.4 Å². The van der Waals surface area contributed by atoms with E-state index in [9.17, 15) is 19.8 Å². The Labute approximate surface area is 243 Å². The van der Waals surface area contributed by atoms with Gasteiger partial charge in [-0.15, -0.1) is 0 Å². The van der Waals surface area contributed by atoms with E-state index < -0.39 is 0 Å². The van der Waals surface area contributed by atoms with Gasteiger partial charge in [-0.25, -0.2) is 0 Å². The molecule has 0 saturated carbocycles. The third-order valence-electron chi connectivity index (χ3n) is 7.75. The van der Waals surface area contributed by atoms with Crippen molar-refractivity contribution < 1.29 is 29.3 Å². The number of fused-ring (bicyclic) bond motifs is 9. The molecule has 4 aromatic rings. The molecule has 0 fully saturated rings. The third kappa shape index (κ3) is 5.74. The summed E-state index contributed by atoms with van der Waals surface area (Å²) in [6, 6.07) is 22.9. The van der Waals surface area contributed by atoms with Crippen LogP contribution in [0.25, 0.3) is 0 Å². The molecule has 3 aliphatic rings. The predicted molar refractivity (Wildman–Crippen MR) is 157 cm³/mol. The predicted octanol–water partition coefficient (Wildman–Crippen LogP) is 3.78. The second-order valence-corrected chi connectivity index (χ2v) is 10.6. The van der Waals surface area contributed by atoms with Crippen LogP contribution >= 0.6 is 0 Å². The zero-order valence-electron chi connectivity index (χ0n) is 23.1. The number of phenols is 2. The highest BCUT2D eigenvalue weighted by molar-refractivity contribution is 5.79. The lowest BCUT2D eigenvalue weighted by molar-refractivity contribution is -0.124. The lowest BCUT2D eigenvalue weighted by Gasteiger charge is -2.20. The molecule has 42 heavy (non-hydrogen) atoms. The topological polar surface area (TPSA) is 117 Å². The van der Waals surface area contributed by atoms with Crippen molar-refractivity contribution in [3.05, 3.63) is 117 Å². The summed E-state index contributed by atoms with van der Waals surface area (Å²) < 4.78 is 12.3. The Bertz CT molecular complexity index is 1460. The van der Waals surface area contributed by atoms with Crippen LogP contribution in [0.5, 0.6) is 23.0 Å². The molecule has 2 aliphatic heterocycles. The van der Waals surface area contributed by atoms with E-state index in [1.807, 2.05) is 72.8 Å². The van der Waals surface area contributed by atoms with Crippen molar-refractivity contribution in [1.29, 1.82) is 0 Å². The molecule has 7 rings (SSSR count). The van der Waals surface area contributed by atoms with Crippen molar-refractivity contribution in [3.8, 4) is 23.0 Å². The minimum absolute atomic E-state index is 0.175. The molecule has 0 saturated heterocycles. The average Bonchev–Trinajstić information content (AvgIpc) is 2.98. The minimum Gasteiger partial charge on any atom is -0.507 e. The zero-order valence-corrected chi connectivity index (χ0v) is 23.1. The molecular formula is C34H32N2O6. The van der Waals surface area contributed by atoms with Crippen LogP contribution in [0, 0.1) is 0 Å². The van der Waals surface area contributed by atoms with E-state index >= 15 is 0 Å². The van der Waals surface area contributed by atoms with E-state index in [4.69, 9.17) is 9.47 Å². The summed E-state index contributed by atoms with van der Waals surface area (Å²) in [5.41, 5.74) is 6.11. The summed E-state index contributed by atoms with van der Waals surface area (Å²) in [5, 5.41) is 28.4. The summed E-state index contributed by atoms with van der Waals surface area (Å²) in [6.07, 6.45) is 1.49. The fraction of sp³-hybridized carbons (Fsp3) is 0.235. The van der Waals surface area contributed by atoms with Crippen molar-refractivity contribution >= 4 is 11.8 Å². The molecule has 4 aromatic carbocycles. The van der Waals surface area contributed by atoms with Crippen molar-refractivity contribution in [1.82, 2.24) is 10.6 Å². The smallest absolute Gasteiger partial charge is 0.258 e. The highest BCUT2D eigenvalue weighted by Crippen LogP contribution is 2.37. The first kappa shape index (κ1) is 27.2. The summed E-state index contributed by atoms with van der Waals surface area (Å²) in [5.74, 6) is 0.778. The van der Waals surface area contributed by atoms with E-state index in [1.54, 1.807) is 0 Å². The molecule has 0 unspecified atom stereocenters. The molecule has 1 aliphatic carbocycles. The SMILES string of the molecule is O=C1COc2c3cccc2Cc2cccc(c2O)Cc2cccc(c2OCC(=O)NCCN1)Cc1cccc(c1O)C3. The fourth-order valence-electron chi connectivity index (χ4n) is 5.67. The van der Waals surface area contributed by atoms with Gasteiger partial charge in [0.05, 0.1) is 0 Å². The minimum atomic E-state index is -0.328. The summed E-state index contributed by atoms with van der Waals surface area (Å²) in [6.45, 7) is 0.0276. The molecule has 2 amide bonds. The van der Waals surface area contributed by atoms with Crippen LogP contribution in [0.3, 0.4) is 0 Å². The van der Waals surface area contributed by atoms with Crippen molar-refractivity contribution in [2.24, 2.45) is 0 Å². The molecule has 2 heterocycles. The van der Waals surface area contributed by atoms with Crippen molar-refractivity contribution in [3.63, 3.8) is 0 Å². The third-order valence-corrected chi connectivity index (χ3v) is 7.75. The number of ether oxygens (including phenoxy) is 2. The van der Waals surface area contributed by atoms with E-state index in [2.05, 4.69) is 10.6 Å². The van der Waals surface area contributed by atoms with Crippen molar-refractivity contribution in [2.45, 2.75) is 25.7 Å². The second-order valence-electron chi connectivity index (χ2n) is 10.6. The van der Waals surface area contributed by atoms with Crippen LogP contribution in [0.1, 0.15) is 44.5 Å². The summed E-state index contributed by atoms with van der Waals surface area (Å²) in [7, 11) is 0. The van der Waals surface area contributed by atoms with Crippen molar-refractivity contribution in [2.75, 3.05) is 26.3 Å². The Morgan fingerprint density at radius 1 is 0.476 bits per heavy atom. The van der Waals surface area contributed by atoms with Crippen LogP contribution in [-0.2, 0) is 35.3 Å². The number of carbonyl (C=O) groups is 2. The molecule has 10 bridgehead atoms. The number of hydrogen-bond donors (Lipinski definition) is 4. The number of carbonyl (C=O) groups excluding carboxylic acids is 2. The van der Waals surface area contributed by atoms with Gasteiger partial charge in [0.1, 0.15) is 23.0 Å². The van der Waals surface area contributed by atoms with Crippen LogP contribution in [0.15, 0.2) is 72.8 Å². The Hall–Kier alpha value is -4.98. The molecule has 0 aromatic heterocycles. The number of aromatic hydroxyl groups is 2. The van der Waals surface area contributed by atoms with Gasteiger partial charge < -0.3 is 30.3 Å². The zero-order chi connectivity index (χ0) is 29.1. The fourth-order valence-corrected chi connectivity index (χ4v) is 5.67. The second kappa shape index (κ2) is 11.9. The van der Waals surface area contributed by atoms with E-state index in [1.165, 1.54) is 0 Å². The maximum atomic E-state index is 12.7. The summed E-state index contributed by atoms with van der Waals surface area (Å²) >= 11 is 0. The van der Waals surface area contributed by atoms with Crippen LogP contribution in [-0.4, -0.2) is 48.3 Å². The maximum absolute atomic E-state index is 12.7. The molecule has 0 spiro atoms. The van der Waals surface area contributed by atoms with Crippen LogP contribution in [0.4, 0.5) is 0 Å². The molecule has 4 N–H and O–H groups in total. The first-order valence-corrected chi connectivity index (χ1v) is 14.1. The lowest BCUT2D eigenvalue weighted by Crippen LogP contribution is -2.38. The average molecular weight is 565 g/mol. The standard InChI is InChI=1S/C34H32N2O6/c37-29-19-41-33-25-9-3-11-27(33)17-23-7-2-8-24(32(23)40)18-28-12-4-10-26(16-22-6-1-5-21(15-25)31(22)39)34(28)42-20-30(38)36-14-13-35-29/h1-12,39-40H,13-20H2,(H,35,37)(H,36,38). The molecule has 0 radical (unpaired) electrons.